The van der Waals surface area contributed by atoms with Gasteiger partial charge in [-0.2, -0.15) is 0 Å². The lowest BCUT2D eigenvalue weighted by Gasteiger charge is -2.31. The van der Waals surface area contributed by atoms with Crippen LogP contribution in [0, 0.1) is 0 Å². The van der Waals surface area contributed by atoms with E-state index in [0.717, 1.165) is 31.7 Å². The van der Waals surface area contributed by atoms with Gasteiger partial charge in [-0.15, -0.1) is 0 Å². The number of aromatic nitrogens is 1. The maximum absolute atomic E-state index is 6.38. The maximum atomic E-state index is 6.38. The van der Waals surface area contributed by atoms with Crippen LogP contribution in [0.1, 0.15) is 25.0 Å². The van der Waals surface area contributed by atoms with Gasteiger partial charge in [-0.25, -0.2) is 0 Å². The fraction of sp³-hybridized carbons (Fsp3) is 0.150. The summed E-state index contributed by atoms with van der Waals surface area (Å²) in [5.41, 5.74) is 5.25. The van der Waals surface area contributed by atoms with Gasteiger partial charge in [0, 0.05) is 39.9 Å². The minimum absolute atomic E-state index is 0.635. The molecule has 0 N–H and O–H groups in total. The van der Waals surface area contributed by atoms with E-state index in [1.165, 1.54) is 0 Å². The predicted molar refractivity (Wildman–Crippen MR) is 113 cm³/mol. The highest BCUT2D eigenvalue weighted by Crippen LogP contribution is 2.41. The largest absolute Gasteiger partial charge is 0.343 e. The third kappa shape index (κ3) is 3.73. The van der Waals surface area contributed by atoms with Crippen LogP contribution in [0.3, 0.4) is 0 Å². The highest BCUT2D eigenvalue weighted by Gasteiger charge is 2.24. The van der Waals surface area contributed by atoms with E-state index in [2.05, 4.69) is 57.3 Å². The maximum Gasteiger partial charge on any atom is 0.0682 e. The smallest absolute Gasteiger partial charge is 0.0682 e. The van der Waals surface area contributed by atoms with Gasteiger partial charge in [-0.1, -0.05) is 62.4 Å². The highest BCUT2D eigenvalue weighted by atomic mass is 127. The Labute approximate surface area is 162 Å². The molecule has 0 saturated heterocycles. The minimum Gasteiger partial charge on any atom is -0.343 e. The van der Waals surface area contributed by atoms with Crippen LogP contribution in [-0.2, 0) is 0 Å². The number of benzene rings is 1. The van der Waals surface area contributed by atoms with E-state index in [1.54, 1.807) is 12.4 Å². The first kappa shape index (κ1) is 18.7. The van der Waals surface area contributed by atoms with Gasteiger partial charge in [0.05, 0.1) is 10.7 Å². The standard InChI is InChI=1S/C18H14ClIN2.C2H6/c1-12-17(20)10-15(13-6-4-3-5-7-13)18(22(12)2)14-8-9-21-11-16(14)19;1-2/h3-11H,1H2,2H3;1-2H3. The second kappa shape index (κ2) is 8.49. The monoisotopic (exact) mass is 450 g/mol. The zero-order valence-electron chi connectivity index (χ0n) is 14.1. The summed E-state index contributed by atoms with van der Waals surface area (Å²) < 4.78 is 1.12. The molecule has 0 bridgehead atoms. The molecule has 1 aromatic carbocycles. The molecule has 24 heavy (non-hydrogen) atoms. The molecule has 124 valence electrons. The third-order valence-electron chi connectivity index (χ3n) is 3.65. The number of hydrogen-bond donors (Lipinski definition) is 0. The molecule has 2 heterocycles. The number of nitrogens with zero attached hydrogens (tertiary/aromatic N) is 2. The molecule has 0 atom stereocenters. The Morgan fingerprint density at radius 1 is 1.12 bits per heavy atom. The Morgan fingerprint density at radius 3 is 2.42 bits per heavy atom. The van der Waals surface area contributed by atoms with Gasteiger partial charge in [-0.3, -0.25) is 4.98 Å². The fourth-order valence-corrected chi connectivity index (χ4v) is 3.37. The number of hydrogen-bond acceptors (Lipinski definition) is 2. The van der Waals surface area contributed by atoms with Gasteiger partial charge in [-0.05, 0) is 40.3 Å². The van der Waals surface area contributed by atoms with Gasteiger partial charge in [0.2, 0.25) is 0 Å². The molecule has 0 fully saturated rings. The van der Waals surface area contributed by atoms with Crippen LogP contribution in [0.15, 0.2) is 70.7 Å². The second-order valence-electron chi connectivity index (χ2n) is 4.98. The Balaban J connectivity index is 0.00000100. The van der Waals surface area contributed by atoms with Gasteiger partial charge < -0.3 is 4.90 Å². The lowest BCUT2D eigenvalue weighted by Crippen LogP contribution is -2.20. The summed E-state index contributed by atoms with van der Waals surface area (Å²) >= 11 is 8.70. The topological polar surface area (TPSA) is 16.1 Å². The Bertz CT molecular complexity index is 794. The Morgan fingerprint density at radius 2 is 1.79 bits per heavy atom. The van der Waals surface area contributed by atoms with E-state index in [1.807, 2.05) is 45.2 Å². The first-order valence-electron chi connectivity index (χ1n) is 7.79. The first-order valence-corrected chi connectivity index (χ1v) is 9.25. The minimum atomic E-state index is 0.635. The van der Waals surface area contributed by atoms with Crippen molar-refractivity contribution in [2.45, 2.75) is 13.8 Å². The van der Waals surface area contributed by atoms with Crippen molar-refractivity contribution in [2.75, 3.05) is 7.05 Å². The number of allylic oxidation sites excluding steroid dienone is 3. The van der Waals surface area contributed by atoms with Crippen molar-refractivity contribution in [1.82, 2.24) is 9.88 Å². The summed E-state index contributed by atoms with van der Waals surface area (Å²) in [4.78, 5) is 6.17. The Kier molecular flexibility index (Phi) is 6.63. The molecule has 4 heteroatoms. The average Bonchev–Trinajstić information content (AvgIpc) is 2.63. The molecule has 1 aliphatic heterocycles. The lowest BCUT2D eigenvalue weighted by molar-refractivity contribution is 0.616. The number of pyridine rings is 1. The molecule has 0 radical (unpaired) electrons. The van der Waals surface area contributed by atoms with Crippen molar-refractivity contribution < 1.29 is 0 Å². The van der Waals surface area contributed by atoms with Crippen LogP contribution in [0.2, 0.25) is 5.02 Å². The van der Waals surface area contributed by atoms with Crippen molar-refractivity contribution in [2.24, 2.45) is 0 Å². The van der Waals surface area contributed by atoms with Gasteiger partial charge in [0.25, 0.3) is 0 Å². The van der Waals surface area contributed by atoms with Crippen molar-refractivity contribution in [1.29, 1.82) is 0 Å². The van der Waals surface area contributed by atoms with E-state index in [-0.39, 0.29) is 0 Å². The van der Waals surface area contributed by atoms with Crippen LogP contribution < -0.4 is 0 Å². The molecule has 0 unspecified atom stereocenters. The van der Waals surface area contributed by atoms with Crippen LogP contribution >= 0.6 is 34.2 Å². The zero-order valence-corrected chi connectivity index (χ0v) is 17.0. The first-order chi connectivity index (χ1) is 11.6. The van der Waals surface area contributed by atoms with E-state index in [0.29, 0.717) is 5.02 Å². The van der Waals surface area contributed by atoms with Crippen molar-refractivity contribution in [3.8, 4) is 0 Å². The van der Waals surface area contributed by atoms with Crippen LogP contribution in [0.25, 0.3) is 11.3 Å². The summed E-state index contributed by atoms with van der Waals surface area (Å²) in [7, 11) is 2.02. The summed E-state index contributed by atoms with van der Waals surface area (Å²) in [6.45, 7) is 8.17. The van der Waals surface area contributed by atoms with Crippen LogP contribution in [-0.4, -0.2) is 16.9 Å². The molecule has 1 aromatic heterocycles. The quantitative estimate of drug-likeness (QED) is 0.492. The van der Waals surface area contributed by atoms with Gasteiger partial charge in [0.15, 0.2) is 0 Å². The van der Waals surface area contributed by atoms with E-state index >= 15 is 0 Å². The van der Waals surface area contributed by atoms with Gasteiger partial charge >= 0.3 is 0 Å². The summed E-state index contributed by atoms with van der Waals surface area (Å²) in [5, 5.41) is 0.635. The van der Waals surface area contributed by atoms with Gasteiger partial charge in [0.1, 0.15) is 0 Å². The van der Waals surface area contributed by atoms with Crippen molar-refractivity contribution in [3.05, 3.63) is 86.9 Å². The second-order valence-corrected chi connectivity index (χ2v) is 6.55. The molecule has 2 aromatic rings. The van der Waals surface area contributed by atoms with Crippen LogP contribution in [0.5, 0.6) is 0 Å². The SMILES string of the molecule is C=C1C(I)=CC(c2ccccc2)=C(c2ccncc2Cl)N1C.CC. The summed E-state index contributed by atoms with van der Waals surface area (Å²) in [5.74, 6) is 0. The molecular formula is C20H20ClIN2. The normalized spacial score (nSPS) is 14.1. The zero-order chi connectivity index (χ0) is 17.7. The van der Waals surface area contributed by atoms with Crippen molar-refractivity contribution >= 4 is 45.5 Å². The molecule has 0 spiro atoms. The highest BCUT2D eigenvalue weighted by molar-refractivity contribution is 14.1. The Hall–Kier alpha value is -1.59. The molecule has 0 amide bonds. The number of halogens is 2. The van der Waals surface area contributed by atoms with E-state index in [9.17, 15) is 0 Å². The molecule has 3 rings (SSSR count). The van der Waals surface area contributed by atoms with E-state index < -0.39 is 0 Å². The molecular weight excluding hydrogens is 431 g/mol. The average molecular weight is 451 g/mol. The third-order valence-corrected chi connectivity index (χ3v) is 4.89. The molecule has 0 aliphatic carbocycles. The predicted octanol–water partition coefficient (Wildman–Crippen LogP) is 6.41. The molecule has 2 nitrogen and oxygen atoms in total. The van der Waals surface area contributed by atoms with Crippen molar-refractivity contribution in [3.63, 3.8) is 0 Å². The number of likely N-dealkylation sites (N-methyl/N-ethyl adjacent to an activating group) is 1. The molecule has 1 aliphatic rings. The van der Waals surface area contributed by atoms with Crippen LogP contribution in [0.4, 0.5) is 0 Å². The summed E-state index contributed by atoms with van der Waals surface area (Å²) in [6, 6.07) is 12.2. The van der Waals surface area contributed by atoms with E-state index in [4.69, 9.17) is 11.6 Å². The lowest BCUT2D eigenvalue weighted by atomic mass is 9.96. The molecule has 0 saturated carbocycles. The fourth-order valence-electron chi connectivity index (χ4n) is 2.49. The summed E-state index contributed by atoms with van der Waals surface area (Å²) in [6.07, 6.45) is 5.59. The number of rotatable bonds is 2.